The number of nitro groups is 1. The number of hydrogen-bond acceptors (Lipinski definition) is 5. The second-order valence-electron chi connectivity index (χ2n) is 5.19. The zero-order chi connectivity index (χ0) is 17.9. The summed E-state index contributed by atoms with van der Waals surface area (Å²) < 4.78 is 30.0. The summed E-state index contributed by atoms with van der Waals surface area (Å²) >= 11 is 0. The first-order valence-corrected chi connectivity index (χ1v) is 7.35. The van der Waals surface area contributed by atoms with Crippen LogP contribution in [0.5, 0.6) is 5.75 Å². The zero-order valence-electron chi connectivity index (χ0n) is 13.5. The summed E-state index contributed by atoms with van der Waals surface area (Å²) in [5.74, 6) is 0.359. The van der Waals surface area contributed by atoms with Crippen LogP contribution < -0.4 is 10.1 Å². The highest BCUT2D eigenvalue weighted by Gasteiger charge is 2.26. The lowest BCUT2D eigenvalue weighted by molar-refractivity contribution is -0.384. The number of halogens is 2. The minimum atomic E-state index is -2.88. The van der Waals surface area contributed by atoms with Crippen LogP contribution in [0.15, 0.2) is 24.3 Å². The van der Waals surface area contributed by atoms with E-state index in [1.54, 1.807) is 26.1 Å². The first-order valence-electron chi connectivity index (χ1n) is 7.35. The summed E-state index contributed by atoms with van der Waals surface area (Å²) in [4.78, 5) is 10.8. The highest BCUT2D eigenvalue weighted by molar-refractivity contribution is 5.60. The molecule has 0 spiro atoms. The van der Waals surface area contributed by atoms with Crippen LogP contribution in [0, 0.1) is 10.1 Å². The Labute approximate surface area is 137 Å². The van der Waals surface area contributed by atoms with E-state index in [1.807, 2.05) is 6.92 Å². The first kappa shape index (κ1) is 17.6. The van der Waals surface area contributed by atoms with Crippen molar-refractivity contribution < 1.29 is 18.4 Å². The number of nitrogens with one attached hydrogen (secondary N) is 1. The Hall–Kier alpha value is -2.71. The Bertz CT molecular complexity index is 716. The number of aryl methyl sites for hydroxylation is 2. The maximum atomic E-state index is 12.2. The van der Waals surface area contributed by atoms with Gasteiger partial charge in [0.2, 0.25) is 5.82 Å². The van der Waals surface area contributed by atoms with Gasteiger partial charge in [-0.1, -0.05) is 19.1 Å². The largest absolute Gasteiger partial charge is 0.435 e. The smallest absolute Gasteiger partial charge is 0.387 e. The molecule has 2 aromatic rings. The van der Waals surface area contributed by atoms with Crippen molar-refractivity contribution in [1.82, 2.24) is 9.78 Å². The van der Waals surface area contributed by atoms with Gasteiger partial charge in [-0.05, 0) is 31.0 Å². The predicted molar refractivity (Wildman–Crippen MR) is 84.4 cm³/mol. The standard InChI is InChI=1S/C15H18F2N4O3/c1-4-12-13(21(22)23)14(20(3)19-12)18-9(2)10-5-7-11(8-6-10)24-15(16)17/h5-9,15,18H,4H2,1-3H3. The molecule has 0 radical (unpaired) electrons. The van der Waals surface area contributed by atoms with Crippen LogP contribution in [0.1, 0.15) is 31.1 Å². The third kappa shape index (κ3) is 3.79. The third-order valence-electron chi connectivity index (χ3n) is 3.57. The number of rotatable bonds is 7. The molecule has 1 aromatic heterocycles. The average molecular weight is 340 g/mol. The maximum Gasteiger partial charge on any atom is 0.387 e. The van der Waals surface area contributed by atoms with E-state index in [9.17, 15) is 18.9 Å². The summed E-state index contributed by atoms with van der Waals surface area (Å²) in [6.07, 6.45) is 0.444. The molecule has 9 heteroatoms. The normalized spacial score (nSPS) is 12.2. The number of aromatic nitrogens is 2. The summed E-state index contributed by atoms with van der Waals surface area (Å²) in [6.45, 7) is 0.728. The molecule has 7 nitrogen and oxygen atoms in total. The predicted octanol–water partition coefficient (Wildman–Crippen LogP) is 3.67. The van der Waals surface area contributed by atoms with Crippen LogP contribution in [0.25, 0.3) is 0 Å². The topological polar surface area (TPSA) is 82.2 Å². The highest BCUT2D eigenvalue weighted by Crippen LogP contribution is 2.31. The molecule has 130 valence electrons. The molecule has 0 fully saturated rings. The Balaban J connectivity index is 2.22. The number of ether oxygens (including phenoxy) is 1. The van der Waals surface area contributed by atoms with E-state index >= 15 is 0 Å². The SMILES string of the molecule is CCc1nn(C)c(NC(C)c2ccc(OC(F)F)cc2)c1[N+](=O)[O-]. The van der Waals surface area contributed by atoms with E-state index in [-0.39, 0.29) is 17.5 Å². The monoisotopic (exact) mass is 340 g/mol. The zero-order valence-corrected chi connectivity index (χ0v) is 13.5. The Morgan fingerprint density at radius 3 is 2.50 bits per heavy atom. The molecule has 1 N–H and O–H groups in total. The fraction of sp³-hybridized carbons (Fsp3) is 0.400. The lowest BCUT2D eigenvalue weighted by Gasteiger charge is -2.15. The molecule has 2 rings (SSSR count). The van der Waals surface area contributed by atoms with Gasteiger partial charge >= 0.3 is 12.3 Å². The Kier molecular flexibility index (Phi) is 5.32. The van der Waals surface area contributed by atoms with Crippen LogP contribution >= 0.6 is 0 Å². The molecular formula is C15H18F2N4O3. The van der Waals surface area contributed by atoms with Crippen LogP contribution in [0.2, 0.25) is 0 Å². The first-order chi connectivity index (χ1) is 11.3. The molecule has 0 amide bonds. The van der Waals surface area contributed by atoms with Gasteiger partial charge in [-0.3, -0.25) is 10.1 Å². The van der Waals surface area contributed by atoms with Crippen molar-refractivity contribution in [2.45, 2.75) is 32.9 Å². The Morgan fingerprint density at radius 1 is 1.38 bits per heavy atom. The lowest BCUT2D eigenvalue weighted by Crippen LogP contribution is -2.11. The van der Waals surface area contributed by atoms with Gasteiger partial charge in [-0.15, -0.1) is 0 Å². The fourth-order valence-corrected chi connectivity index (χ4v) is 2.39. The number of alkyl halides is 2. The van der Waals surface area contributed by atoms with Crippen molar-refractivity contribution in [2.24, 2.45) is 7.05 Å². The van der Waals surface area contributed by atoms with Crippen LogP contribution in [0.4, 0.5) is 20.3 Å². The van der Waals surface area contributed by atoms with Crippen molar-refractivity contribution >= 4 is 11.5 Å². The molecule has 1 unspecified atom stereocenters. The number of benzene rings is 1. The second-order valence-corrected chi connectivity index (χ2v) is 5.19. The molecule has 1 heterocycles. The maximum absolute atomic E-state index is 12.2. The van der Waals surface area contributed by atoms with E-state index in [4.69, 9.17) is 0 Å². The van der Waals surface area contributed by atoms with Gasteiger partial charge in [-0.2, -0.15) is 13.9 Å². The lowest BCUT2D eigenvalue weighted by atomic mass is 10.1. The highest BCUT2D eigenvalue weighted by atomic mass is 19.3. The molecule has 0 aliphatic rings. The molecule has 0 aliphatic carbocycles. The number of anilines is 1. The Morgan fingerprint density at radius 2 is 2.00 bits per heavy atom. The summed E-state index contributed by atoms with van der Waals surface area (Å²) in [5, 5.41) is 18.5. The summed E-state index contributed by atoms with van der Waals surface area (Å²) in [6, 6.07) is 5.81. The second kappa shape index (κ2) is 7.24. The minimum Gasteiger partial charge on any atom is -0.435 e. The van der Waals surface area contributed by atoms with Gasteiger partial charge in [0, 0.05) is 7.05 Å². The molecule has 0 aliphatic heterocycles. The van der Waals surface area contributed by atoms with E-state index in [1.165, 1.54) is 16.8 Å². The van der Waals surface area contributed by atoms with Crippen molar-refractivity contribution in [1.29, 1.82) is 0 Å². The number of hydrogen-bond donors (Lipinski definition) is 1. The van der Waals surface area contributed by atoms with Crippen molar-refractivity contribution in [2.75, 3.05) is 5.32 Å². The van der Waals surface area contributed by atoms with E-state index < -0.39 is 11.5 Å². The van der Waals surface area contributed by atoms with E-state index in [2.05, 4.69) is 15.2 Å². The van der Waals surface area contributed by atoms with Crippen LogP contribution in [-0.2, 0) is 13.5 Å². The van der Waals surface area contributed by atoms with Crippen molar-refractivity contribution in [3.05, 3.63) is 45.6 Å². The molecule has 1 atom stereocenters. The van der Waals surface area contributed by atoms with Crippen molar-refractivity contribution in [3.63, 3.8) is 0 Å². The van der Waals surface area contributed by atoms with Gasteiger partial charge in [-0.25, -0.2) is 4.68 Å². The number of nitrogens with zero attached hydrogens (tertiary/aromatic N) is 3. The third-order valence-corrected chi connectivity index (χ3v) is 3.57. The quantitative estimate of drug-likeness (QED) is 0.614. The molecule has 1 aromatic carbocycles. The molecule has 0 saturated heterocycles. The van der Waals surface area contributed by atoms with E-state index in [0.717, 1.165) is 5.56 Å². The van der Waals surface area contributed by atoms with E-state index in [0.29, 0.717) is 17.9 Å². The molecule has 24 heavy (non-hydrogen) atoms. The summed E-state index contributed by atoms with van der Waals surface area (Å²) in [7, 11) is 1.63. The minimum absolute atomic E-state index is 0.0514. The van der Waals surface area contributed by atoms with Gasteiger partial charge in [0.05, 0.1) is 11.0 Å². The fourth-order valence-electron chi connectivity index (χ4n) is 2.39. The van der Waals surface area contributed by atoms with Crippen LogP contribution in [0.3, 0.4) is 0 Å². The van der Waals surface area contributed by atoms with Gasteiger partial charge in [0.25, 0.3) is 0 Å². The molecule has 0 saturated carbocycles. The molecular weight excluding hydrogens is 322 g/mol. The van der Waals surface area contributed by atoms with Crippen molar-refractivity contribution in [3.8, 4) is 5.75 Å². The summed E-state index contributed by atoms with van der Waals surface area (Å²) in [5.41, 5.74) is 1.12. The van der Waals surface area contributed by atoms with Crippen LogP contribution in [-0.4, -0.2) is 21.3 Å². The van der Waals surface area contributed by atoms with Gasteiger partial charge < -0.3 is 10.1 Å². The van der Waals surface area contributed by atoms with Gasteiger partial charge in [0.15, 0.2) is 0 Å². The van der Waals surface area contributed by atoms with Gasteiger partial charge in [0.1, 0.15) is 11.4 Å². The molecule has 0 bridgehead atoms. The average Bonchev–Trinajstić information content (AvgIpc) is 2.83.